The van der Waals surface area contributed by atoms with Crippen LogP contribution in [-0.2, 0) is 0 Å². The molecule has 2 nitrogen and oxygen atoms in total. The SMILES string of the molecule is Br.Br.Cc1cccc(C)c1N1CCC(N)CC1. The van der Waals surface area contributed by atoms with Crippen molar-refractivity contribution in [3.8, 4) is 0 Å². The first-order valence-corrected chi connectivity index (χ1v) is 5.75. The second kappa shape index (κ2) is 7.39. The lowest BCUT2D eigenvalue weighted by atomic mass is 10.0. The summed E-state index contributed by atoms with van der Waals surface area (Å²) in [5, 5.41) is 0. The highest BCUT2D eigenvalue weighted by Gasteiger charge is 2.18. The molecule has 17 heavy (non-hydrogen) atoms. The first-order chi connectivity index (χ1) is 7.18. The smallest absolute Gasteiger partial charge is 0.0425 e. The summed E-state index contributed by atoms with van der Waals surface area (Å²) >= 11 is 0. The van der Waals surface area contributed by atoms with Gasteiger partial charge in [0.2, 0.25) is 0 Å². The Bertz CT molecular complexity index is 327. The first kappa shape index (κ1) is 16.9. The van der Waals surface area contributed by atoms with Crippen LogP contribution in [0.1, 0.15) is 24.0 Å². The van der Waals surface area contributed by atoms with Gasteiger partial charge < -0.3 is 10.6 Å². The van der Waals surface area contributed by atoms with E-state index in [-0.39, 0.29) is 34.0 Å². The number of nitrogens with zero attached hydrogens (tertiary/aromatic N) is 1. The molecule has 0 amide bonds. The molecule has 98 valence electrons. The molecule has 0 bridgehead atoms. The number of aryl methyl sites for hydroxylation is 2. The average Bonchev–Trinajstić information content (AvgIpc) is 2.20. The van der Waals surface area contributed by atoms with Gasteiger partial charge in [-0.1, -0.05) is 18.2 Å². The Morgan fingerprint density at radius 3 is 2.00 bits per heavy atom. The van der Waals surface area contributed by atoms with Gasteiger partial charge in [0.1, 0.15) is 0 Å². The number of benzene rings is 1. The average molecular weight is 366 g/mol. The molecule has 0 spiro atoms. The largest absolute Gasteiger partial charge is 0.371 e. The van der Waals surface area contributed by atoms with Crippen LogP contribution in [0.2, 0.25) is 0 Å². The van der Waals surface area contributed by atoms with E-state index in [1.165, 1.54) is 16.8 Å². The van der Waals surface area contributed by atoms with E-state index in [9.17, 15) is 0 Å². The second-order valence-electron chi connectivity index (χ2n) is 4.56. The third-order valence-corrected chi connectivity index (χ3v) is 3.30. The lowest BCUT2D eigenvalue weighted by molar-refractivity contribution is 0.500. The van der Waals surface area contributed by atoms with E-state index < -0.39 is 0 Å². The maximum Gasteiger partial charge on any atom is 0.0425 e. The summed E-state index contributed by atoms with van der Waals surface area (Å²) in [4.78, 5) is 2.48. The van der Waals surface area contributed by atoms with Gasteiger partial charge in [-0.3, -0.25) is 0 Å². The van der Waals surface area contributed by atoms with Gasteiger partial charge in [0.25, 0.3) is 0 Å². The highest BCUT2D eigenvalue weighted by Crippen LogP contribution is 2.26. The van der Waals surface area contributed by atoms with Gasteiger partial charge in [-0.2, -0.15) is 0 Å². The lowest BCUT2D eigenvalue weighted by Crippen LogP contribution is -2.40. The molecule has 0 aliphatic carbocycles. The summed E-state index contributed by atoms with van der Waals surface area (Å²) in [6.45, 7) is 6.59. The number of hydrogen-bond acceptors (Lipinski definition) is 2. The van der Waals surface area contributed by atoms with E-state index in [0.29, 0.717) is 6.04 Å². The molecule has 1 aliphatic rings. The normalized spacial score (nSPS) is 16.1. The van der Waals surface area contributed by atoms with Gasteiger partial charge in [-0.05, 0) is 37.8 Å². The molecule has 0 unspecified atom stereocenters. The number of hydrogen-bond donors (Lipinski definition) is 1. The summed E-state index contributed by atoms with van der Waals surface area (Å²) in [6.07, 6.45) is 2.24. The van der Waals surface area contributed by atoms with E-state index in [2.05, 4.69) is 36.9 Å². The number of nitrogens with two attached hydrogens (primary N) is 1. The maximum absolute atomic E-state index is 5.92. The molecule has 1 aliphatic heterocycles. The van der Waals surface area contributed by atoms with Crippen LogP contribution in [0.25, 0.3) is 0 Å². The highest BCUT2D eigenvalue weighted by molar-refractivity contribution is 8.93. The number of para-hydroxylation sites is 1. The fourth-order valence-electron chi connectivity index (χ4n) is 2.43. The summed E-state index contributed by atoms with van der Waals surface area (Å²) in [6, 6.07) is 6.92. The predicted octanol–water partition coefficient (Wildman–Crippen LogP) is 3.39. The number of rotatable bonds is 1. The van der Waals surface area contributed by atoms with Gasteiger partial charge in [-0.25, -0.2) is 0 Å². The Morgan fingerprint density at radius 1 is 1.06 bits per heavy atom. The molecular weight excluding hydrogens is 344 g/mol. The topological polar surface area (TPSA) is 29.3 Å². The van der Waals surface area contributed by atoms with E-state index in [0.717, 1.165) is 25.9 Å². The monoisotopic (exact) mass is 364 g/mol. The van der Waals surface area contributed by atoms with Crippen molar-refractivity contribution in [2.75, 3.05) is 18.0 Å². The molecule has 2 N–H and O–H groups in total. The van der Waals surface area contributed by atoms with E-state index in [1.54, 1.807) is 0 Å². The minimum Gasteiger partial charge on any atom is -0.371 e. The fraction of sp³-hybridized carbons (Fsp3) is 0.538. The van der Waals surface area contributed by atoms with Gasteiger partial charge >= 0.3 is 0 Å². The Balaban J connectivity index is 0.00000128. The van der Waals surface area contributed by atoms with Crippen molar-refractivity contribution in [2.24, 2.45) is 5.73 Å². The van der Waals surface area contributed by atoms with Gasteiger partial charge in [-0.15, -0.1) is 34.0 Å². The Kier molecular flexibility index (Phi) is 7.37. The number of halogens is 2. The van der Waals surface area contributed by atoms with Gasteiger partial charge in [0.15, 0.2) is 0 Å². The maximum atomic E-state index is 5.92. The number of anilines is 1. The molecule has 4 heteroatoms. The highest BCUT2D eigenvalue weighted by atomic mass is 79.9. The third-order valence-electron chi connectivity index (χ3n) is 3.30. The van der Waals surface area contributed by atoms with E-state index >= 15 is 0 Å². The summed E-state index contributed by atoms with van der Waals surface area (Å²) in [5.41, 5.74) is 10.1. The molecule has 1 saturated heterocycles. The molecule has 1 aromatic rings. The van der Waals surface area contributed by atoms with Crippen LogP contribution in [0.15, 0.2) is 18.2 Å². The zero-order chi connectivity index (χ0) is 10.8. The van der Waals surface area contributed by atoms with Crippen molar-refractivity contribution in [1.82, 2.24) is 0 Å². The van der Waals surface area contributed by atoms with Crippen LogP contribution in [0.4, 0.5) is 5.69 Å². The molecule has 1 fully saturated rings. The zero-order valence-corrected chi connectivity index (χ0v) is 13.9. The fourth-order valence-corrected chi connectivity index (χ4v) is 2.43. The van der Waals surface area contributed by atoms with Crippen molar-refractivity contribution >= 4 is 39.7 Å². The molecular formula is C13H22Br2N2. The molecule has 0 aromatic heterocycles. The van der Waals surface area contributed by atoms with Crippen LogP contribution >= 0.6 is 34.0 Å². The minimum absolute atomic E-state index is 0. The number of piperidine rings is 1. The van der Waals surface area contributed by atoms with Crippen molar-refractivity contribution in [3.05, 3.63) is 29.3 Å². The van der Waals surface area contributed by atoms with Gasteiger partial charge in [0.05, 0.1) is 0 Å². The summed E-state index contributed by atoms with van der Waals surface area (Å²) in [5.74, 6) is 0. The Labute approximate surface area is 125 Å². The van der Waals surface area contributed by atoms with Crippen LogP contribution in [0.5, 0.6) is 0 Å². The quantitative estimate of drug-likeness (QED) is 0.826. The van der Waals surface area contributed by atoms with Crippen LogP contribution in [-0.4, -0.2) is 19.1 Å². The van der Waals surface area contributed by atoms with Crippen LogP contribution in [0.3, 0.4) is 0 Å². The summed E-state index contributed by atoms with van der Waals surface area (Å²) in [7, 11) is 0. The standard InChI is InChI=1S/C13H20N2.2BrH/c1-10-4-3-5-11(2)13(10)15-8-6-12(14)7-9-15;;/h3-5,12H,6-9,14H2,1-2H3;2*1H. The van der Waals surface area contributed by atoms with E-state index in [4.69, 9.17) is 5.73 Å². The minimum atomic E-state index is 0. The first-order valence-electron chi connectivity index (χ1n) is 5.75. The second-order valence-corrected chi connectivity index (χ2v) is 4.56. The zero-order valence-electron chi connectivity index (χ0n) is 10.5. The molecule has 0 radical (unpaired) electrons. The lowest BCUT2D eigenvalue weighted by Gasteiger charge is -2.34. The Morgan fingerprint density at radius 2 is 1.53 bits per heavy atom. The van der Waals surface area contributed by atoms with Crippen molar-refractivity contribution in [1.29, 1.82) is 0 Å². The molecule has 1 heterocycles. The van der Waals surface area contributed by atoms with Gasteiger partial charge in [0, 0.05) is 24.8 Å². The third kappa shape index (κ3) is 3.97. The van der Waals surface area contributed by atoms with Crippen molar-refractivity contribution in [2.45, 2.75) is 32.7 Å². The predicted molar refractivity (Wildman–Crippen MR) is 86.0 cm³/mol. The molecule has 0 atom stereocenters. The van der Waals surface area contributed by atoms with E-state index in [1.807, 2.05) is 0 Å². The Hall–Kier alpha value is -0.0600. The summed E-state index contributed by atoms with van der Waals surface area (Å²) < 4.78 is 0. The molecule has 1 aromatic carbocycles. The van der Waals surface area contributed by atoms with Crippen LogP contribution in [0, 0.1) is 13.8 Å². The van der Waals surface area contributed by atoms with Crippen LogP contribution < -0.4 is 10.6 Å². The van der Waals surface area contributed by atoms with Crippen molar-refractivity contribution in [3.63, 3.8) is 0 Å². The molecule has 2 rings (SSSR count). The molecule has 0 saturated carbocycles. The van der Waals surface area contributed by atoms with Crippen molar-refractivity contribution < 1.29 is 0 Å².